The average molecular weight is 267 g/mol. The van der Waals surface area contributed by atoms with Crippen LogP contribution in [-0.4, -0.2) is 33.2 Å². The Morgan fingerprint density at radius 1 is 1.64 bits per heavy atom. The molecule has 1 unspecified atom stereocenters. The molecule has 1 fully saturated rings. The van der Waals surface area contributed by atoms with E-state index in [0.717, 1.165) is 19.8 Å². The summed E-state index contributed by atoms with van der Waals surface area (Å²) in [5.74, 6) is 0. The van der Waals surface area contributed by atoms with Gasteiger partial charge >= 0.3 is 0 Å². The summed E-state index contributed by atoms with van der Waals surface area (Å²) < 4.78 is 8.62. The van der Waals surface area contributed by atoms with Crippen LogP contribution in [0.4, 0.5) is 0 Å². The smallest absolute Gasteiger partial charge is 0.0659 e. The third-order valence-electron chi connectivity index (χ3n) is 2.26. The monoisotopic (exact) mass is 267 g/mol. The Labute approximate surface area is 77.4 Å². The molecule has 2 aliphatic heterocycles. The second-order valence-electron chi connectivity index (χ2n) is 3.38. The minimum atomic E-state index is 0.379. The van der Waals surface area contributed by atoms with Gasteiger partial charge in [0, 0.05) is 11.0 Å². The van der Waals surface area contributed by atoms with E-state index in [-0.39, 0.29) is 0 Å². The van der Waals surface area contributed by atoms with Gasteiger partial charge < -0.3 is 10.1 Å². The maximum atomic E-state index is 5.50. The predicted molar refractivity (Wildman–Crippen MR) is 55.7 cm³/mol. The normalized spacial score (nSPS) is 38.5. The molecule has 0 bridgehead atoms. The van der Waals surface area contributed by atoms with Crippen LogP contribution in [0, 0.1) is 0 Å². The molecular formula is C8H14INO. The Balaban J connectivity index is 2.01. The third-order valence-corrected chi connectivity index (χ3v) is 5.78. The summed E-state index contributed by atoms with van der Waals surface area (Å²) in [7, 11) is 0. The first-order valence-corrected chi connectivity index (χ1v) is 6.66. The highest BCUT2D eigenvalue weighted by atomic mass is 127. The number of alkyl halides is 1. The predicted octanol–water partition coefficient (Wildman–Crippen LogP) is 0.912. The van der Waals surface area contributed by atoms with Gasteiger partial charge in [-0.05, 0) is 16.9 Å². The second-order valence-corrected chi connectivity index (χ2v) is 6.75. The Bertz CT molecular complexity index is 185. The van der Waals surface area contributed by atoms with Crippen molar-refractivity contribution in [3.8, 4) is 0 Å². The van der Waals surface area contributed by atoms with Crippen LogP contribution in [0.2, 0.25) is 0 Å². The van der Waals surface area contributed by atoms with Crippen LogP contribution < -0.4 is 5.32 Å². The molecule has 0 aromatic rings. The minimum Gasteiger partial charge on any atom is -0.378 e. The molecule has 0 aromatic heterocycles. The number of ether oxygens (including phenoxy) is 1. The van der Waals surface area contributed by atoms with E-state index >= 15 is 0 Å². The van der Waals surface area contributed by atoms with Gasteiger partial charge in [0.25, 0.3) is 0 Å². The van der Waals surface area contributed by atoms with Crippen molar-refractivity contribution in [3.63, 3.8) is 0 Å². The molecule has 2 nitrogen and oxygen atoms in total. The Hall–Kier alpha value is 0.520. The molecule has 0 aliphatic carbocycles. The van der Waals surface area contributed by atoms with Crippen molar-refractivity contribution >= 4 is 24.2 Å². The fourth-order valence-corrected chi connectivity index (χ4v) is 4.85. The van der Waals surface area contributed by atoms with E-state index in [1.807, 2.05) is 0 Å². The lowest BCUT2D eigenvalue weighted by atomic mass is 9.96. The maximum absolute atomic E-state index is 5.50. The lowest BCUT2D eigenvalue weighted by molar-refractivity contribution is 0.0425. The number of halogens is 1. The van der Waals surface area contributed by atoms with Gasteiger partial charge in [0.2, 0.25) is 0 Å². The van der Waals surface area contributed by atoms with Crippen LogP contribution in [0.1, 0.15) is 13.3 Å². The topological polar surface area (TPSA) is 21.3 Å². The van der Waals surface area contributed by atoms with Gasteiger partial charge in [0.1, 0.15) is 0 Å². The highest BCUT2D eigenvalue weighted by Gasteiger charge is 2.35. The number of hydrogen-bond donors (Lipinski definition) is 1. The van der Waals surface area contributed by atoms with Gasteiger partial charge in [-0.3, -0.25) is 0 Å². The zero-order valence-corrected chi connectivity index (χ0v) is 8.98. The van der Waals surface area contributed by atoms with Gasteiger partial charge in [-0.1, -0.05) is 0 Å². The fourth-order valence-electron chi connectivity index (χ4n) is 1.71. The quantitative estimate of drug-likeness (QED) is 0.520. The molecule has 1 saturated heterocycles. The molecule has 11 heavy (non-hydrogen) atoms. The van der Waals surface area contributed by atoms with Crippen molar-refractivity contribution in [3.05, 3.63) is 0 Å². The molecule has 0 aromatic carbocycles. The molecule has 0 saturated carbocycles. The first kappa shape index (κ1) is 8.13. The first-order chi connectivity index (χ1) is 5.31. The molecule has 1 spiro atoms. The van der Waals surface area contributed by atoms with E-state index in [4.69, 9.17) is 4.74 Å². The number of morpholine rings is 1. The number of nitrogens with one attached hydrogen (secondary N) is 1. The summed E-state index contributed by atoms with van der Waals surface area (Å²) in [6.45, 7) is 5.21. The van der Waals surface area contributed by atoms with Crippen LogP contribution in [0.25, 0.3) is 0 Å². The van der Waals surface area contributed by atoms with Crippen molar-refractivity contribution in [2.24, 2.45) is 0 Å². The van der Waals surface area contributed by atoms with Gasteiger partial charge in [0.05, 0.1) is 18.8 Å². The van der Waals surface area contributed by atoms with Crippen molar-refractivity contribution in [1.29, 1.82) is 0 Å². The van der Waals surface area contributed by atoms with Gasteiger partial charge in [-0.2, -0.15) is 0 Å². The van der Waals surface area contributed by atoms with E-state index in [2.05, 4.69) is 12.2 Å². The van der Waals surface area contributed by atoms with Gasteiger partial charge in [-0.15, -0.1) is 20.7 Å². The summed E-state index contributed by atoms with van der Waals surface area (Å²) in [6.07, 6.45) is 1.28. The lowest BCUT2D eigenvalue weighted by Gasteiger charge is -2.34. The Morgan fingerprint density at radius 2 is 2.55 bits per heavy atom. The Kier molecular flexibility index (Phi) is 2.30. The average Bonchev–Trinajstić information content (AvgIpc) is 2.34. The second kappa shape index (κ2) is 3.11. The number of rotatable bonds is 0. The lowest BCUT2D eigenvalue weighted by Crippen LogP contribution is -2.54. The van der Waals surface area contributed by atoms with Gasteiger partial charge in [0.15, 0.2) is 0 Å². The molecule has 0 radical (unpaired) electrons. The molecule has 2 aliphatic rings. The summed E-state index contributed by atoms with van der Waals surface area (Å²) in [4.78, 5) is 0. The van der Waals surface area contributed by atoms with Crippen molar-refractivity contribution in [1.82, 2.24) is 5.32 Å². The zero-order valence-electron chi connectivity index (χ0n) is 6.82. The Morgan fingerprint density at radius 3 is 3.09 bits per heavy atom. The first-order valence-electron chi connectivity index (χ1n) is 4.05. The van der Waals surface area contributed by atoms with E-state index in [1.165, 1.54) is 10.8 Å². The molecule has 2 rings (SSSR count). The highest BCUT2D eigenvalue weighted by Crippen LogP contribution is 2.29. The van der Waals surface area contributed by atoms with E-state index in [9.17, 15) is 0 Å². The van der Waals surface area contributed by atoms with Crippen molar-refractivity contribution in [2.75, 3.05) is 24.2 Å². The molecule has 1 N–H and O–H groups in total. The zero-order chi connectivity index (χ0) is 7.73. The summed E-state index contributed by atoms with van der Waals surface area (Å²) >= 11 is 0.379. The van der Waals surface area contributed by atoms with Crippen LogP contribution >= 0.6 is 20.7 Å². The van der Waals surface area contributed by atoms with E-state index in [0.29, 0.717) is 26.3 Å². The van der Waals surface area contributed by atoms with E-state index < -0.39 is 0 Å². The van der Waals surface area contributed by atoms with Crippen LogP contribution in [0.15, 0.2) is 0 Å². The van der Waals surface area contributed by atoms with Crippen molar-refractivity contribution < 1.29 is 4.74 Å². The molecule has 3 heteroatoms. The molecular weight excluding hydrogens is 253 g/mol. The third kappa shape index (κ3) is 1.65. The van der Waals surface area contributed by atoms with Gasteiger partial charge in [-0.25, -0.2) is 0 Å². The largest absolute Gasteiger partial charge is 0.378 e. The van der Waals surface area contributed by atoms with Crippen LogP contribution in [0.5, 0.6) is 0 Å². The highest BCUT2D eigenvalue weighted by molar-refractivity contribution is 14.2. The molecule has 1 atom stereocenters. The summed E-state index contributed by atoms with van der Waals surface area (Å²) in [6, 6.07) is 0. The molecule has 64 valence electrons. The SMILES string of the molecule is CC1=ICC2(COCCN2)C1. The molecule has 2 heterocycles. The van der Waals surface area contributed by atoms with E-state index in [1.54, 1.807) is 3.51 Å². The standard InChI is InChI=1S/C8H14INO/c1-7-4-8(5-9-7)6-11-3-2-10-8/h10H,2-6H2,1H3. The minimum absolute atomic E-state index is 0.379. The summed E-state index contributed by atoms with van der Waals surface area (Å²) in [5, 5.41) is 3.61. The van der Waals surface area contributed by atoms with Crippen molar-refractivity contribution in [2.45, 2.75) is 18.9 Å². The van der Waals surface area contributed by atoms with Crippen LogP contribution in [-0.2, 0) is 4.74 Å². The number of hydrogen-bond acceptors (Lipinski definition) is 2. The van der Waals surface area contributed by atoms with Crippen LogP contribution in [0.3, 0.4) is 0 Å². The fraction of sp³-hybridized carbons (Fsp3) is 0.875. The molecule has 0 amide bonds. The maximum Gasteiger partial charge on any atom is 0.0659 e. The summed E-state index contributed by atoms with van der Waals surface area (Å²) in [5.41, 5.74) is 0.385.